The van der Waals surface area contributed by atoms with Crippen molar-refractivity contribution in [2.24, 2.45) is 0 Å². The van der Waals surface area contributed by atoms with E-state index >= 15 is 0 Å². The number of aromatic nitrogens is 1. The van der Waals surface area contributed by atoms with Crippen LogP contribution in [0.4, 0.5) is 11.4 Å². The highest BCUT2D eigenvalue weighted by Gasteiger charge is 2.39. The lowest BCUT2D eigenvalue weighted by Crippen LogP contribution is -2.29. The van der Waals surface area contributed by atoms with Gasteiger partial charge in [-0.2, -0.15) is 0 Å². The number of aryl methyl sites for hydroxylation is 1. The lowest BCUT2D eigenvalue weighted by Gasteiger charge is -2.14. The van der Waals surface area contributed by atoms with Gasteiger partial charge in [-0.05, 0) is 54.4 Å². The van der Waals surface area contributed by atoms with Gasteiger partial charge >= 0.3 is 0 Å². The number of nitrogens with zero attached hydrogens (tertiary/aromatic N) is 3. The van der Waals surface area contributed by atoms with E-state index in [1.165, 1.54) is 4.90 Å². The highest BCUT2D eigenvalue weighted by Crippen LogP contribution is 2.42. The molecule has 1 aromatic heterocycles. The van der Waals surface area contributed by atoms with Crippen molar-refractivity contribution in [3.05, 3.63) is 137 Å². The molecule has 5 heteroatoms. The molecule has 2 amide bonds. The normalized spacial score (nSPS) is 12.8. The third-order valence-electron chi connectivity index (χ3n) is 7.48. The minimum absolute atomic E-state index is 0.319. The van der Waals surface area contributed by atoms with E-state index < -0.39 is 0 Å². The predicted molar refractivity (Wildman–Crippen MR) is 155 cm³/mol. The van der Waals surface area contributed by atoms with E-state index in [4.69, 9.17) is 6.57 Å². The average molecular weight is 504 g/mol. The molecule has 0 saturated carbocycles. The van der Waals surface area contributed by atoms with Crippen LogP contribution in [-0.4, -0.2) is 16.4 Å². The smallest absolute Gasteiger partial charge is 0.268 e. The van der Waals surface area contributed by atoms with E-state index in [9.17, 15) is 9.59 Å². The van der Waals surface area contributed by atoms with Crippen molar-refractivity contribution in [3.8, 4) is 16.8 Å². The quantitative estimate of drug-likeness (QED) is 0.181. The molecule has 0 atom stereocenters. The molecule has 1 aliphatic heterocycles. The first kappa shape index (κ1) is 22.7. The van der Waals surface area contributed by atoms with Gasteiger partial charge in [0.1, 0.15) is 0 Å². The highest BCUT2D eigenvalue weighted by atomic mass is 16.2. The number of hydrogen-bond donors (Lipinski definition) is 0. The Morgan fingerprint density at radius 3 is 2.18 bits per heavy atom. The van der Waals surface area contributed by atoms with Crippen molar-refractivity contribution in [2.75, 3.05) is 4.90 Å². The summed E-state index contributed by atoms with van der Waals surface area (Å²) in [5.74, 6) is -0.649. The fraction of sp³-hybridized carbons (Fsp3) is 0.0294. The highest BCUT2D eigenvalue weighted by molar-refractivity contribution is 6.35. The van der Waals surface area contributed by atoms with Crippen LogP contribution < -0.4 is 4.90 Å². The molecule has 0 saturated heterocycles. The first-order chi connectivity index (χ1) is 19.1. The first-order valence-electron chi connectivity index (χ1n) is 12.7. The molecule has 0 radical (unpaired) electrons. The lowest BCUT2D eigenvalue weighted by molar-refractivity contribution is 0.0926. The third-order valence-corrected chi connectivity index (χ3v) is 7.48. The van der Waals surface area contributed by atoms with Crippen LogP contribution in [0.15, 0.2) is 109 Å². The molecule has 5 nitrogen and oxygen atoms in total. The molecule has 1 aliphatic rings. The summed E-state index contributed by atoms with van der Waals surface area (Å²) in [5, 5.41) is 2.10. The predicted octanol–water partition coefficient (Wildman–Crippen LogP) is 8.11. The van der Waals surface area contributed by atoms with Crippen molar-refractivity contribution in [1.82, 2.24) is 4.57 Å². The second-order valence-electron chi connectivity index (χ2n) is 9.64. The number of benzene rings is 5. The number of anilines is 1. The molecular weight excluding hydrogens is 482 g/mol. The Hall–Kier alpha value is -5.47. The summed E-state index contributed by atoms with van der Waals surface area (Å²) in [6, 6.07) is 34.6. The monoisotopic (exact) mass is 503 g/mol. The Bertz CT molecular complexity index is 2030. The van der Waals surface area contributed by atoms with Crippen LogP contribution in [0.2, 0.25) is 0 Å². The zero-order chi connectivity index (χ0) is 26.7. The van der Waals surface area contributed by atoms with Crippen LogP contribution in [0.1, 0.15) is 26.3 Å². The zero-order valence-electron chi connectivity index (χ0n) is 21.1. The number of rotatable bonds is 3. The fourth-order valence-corrected chi connectivity index (χ4v) is 5.79. The van der Waals surface area contributed by atoms with Crippen molar-refractivity contribution in [1.29, 1.82) is 0 Å². The molecule has 0 aliphatic carbocycles. The molecule has 6 aromatic rings. The molecule has 5 aromatic carbocycles. The molecule has 0 fully saturated rings. The minimum Gasteiger partial charge on any atom is -0.308 e. The number of amides is 2. The van der Waals surface area contributed by atoms with E-state index in [-0.39, 0.29) is 11.8 Å². The number of carbonyl (C=O) groups excluding carboxylic acids is 2. The number of fused-ring (bicyclic) bond motifs is 4. The summed E-state index contributed by atoms with van der Waals surface area (Å²) in [6.07, 6.45) is 0. The van der Waals surface area contributed by atoms with Gasteiger partial charge in [-0.3, -0.25) is 9.59 Å². The van der Waals surface area contributed by atoms with Crippen molar-refractivity contribution in [2.45, 2.75) is 6.92 Å². The molecule has 0 bridgehead atoms. The average Bonchev–Trinajstić information content (AvgIpc) is 3.44. The van der Waals surface area contributed by atoms with Crippen LogP contribution in [0, 0.1) is 13.5 Å². The summed E-state index contributed by atoms with van der Waals surface area (Å²) >= 11 is 0. The number of carbonyl (C=O) groups is 2. The maximum atomic E-state index is 13.9. The summed E-state index contributed by atoms with van der Waals surface area (Å²) in [4.78, 5) is 32.2. The van der Waals surface area contributed by atoms with E-state index in [1.54, 1.807) is 18.2 Å². The molecule has 7 rings (SSSR count). The van der Waals surface area contributed by atoms with Gasteiger partial charge in [0, 0.05) is 10.8 Å². The molecule has 0 unspecified atom stereocenters. The molecule has 184 valence electrons. The van der Waals surface area contributed by atoms with Gasteiger partial charge in [0.25, 0.3) is 11.8 Å². The van der Waals surface area contributed by atoms with E-state index in [2.05, 4.69) is 27.6 Å². The maximum Gasteiger partial charge on any atom is 0.268 e. The van der Waals surface area contributed by atoms with Crippen LogP contribution in [-0.2, 0) is 0 Å². The Balaban J connectivity index is 1.52. The Kier molecular flexibility index (Phi) is 4.97. The van der Waals surface area contributed by atoms with E-state index in [0.717, 1.165) is 38.5 Å². The van der Waals surface area contributed by atoms with E-state index in [0.29, 0.717) is 28.2 Å². The molecule has 0 N–H and O–H groups in total. The van der Waals surface area contributed by atoms with Crippen molar-refractivity contribution >= 4 is 45.0 Å². The number of hydrogen-bond acceptors (Lipinski definition) is 2. The Morgan fingerprint density at radius 1 is 0.667 bits per heavy atom. The second kappa shape index (κ2) is 8.54. The minimum atomic E-state index is -0.329. The largest absolute Gasteiger partial charge is 0.308 e. The van der Waals surface area contributed by atoms with Crippen LogP contribution in [0.5, 0.6) is 0 Å². The number of imide groups is 1. The first-order valence-corrected chi connectivity index (χ1v) is 12.7. The van der Waals surface area contributed by atoms with Gasteiger partial charge in [-0.15, -0.1) is 0 Å². The summed E-state index contributed by atoms with van der Waals surface area (Å²) in [5.41, 5.74) is 7.64. The topological polar surface area (TPSA) is 46.7 Å². The van der Waals surface area contributed by atoms with Crippen LogP contribution in [0.3, 0.4) is 0 Å². The van der Waals surface area contributed by atoms with Crippen LogP contribution in [0.25, 0.3) is 43.5 Å². The molecule has 0 spiro atoms. The lowest BCUT2D eigenvalue weighted by atomic mass is 9.95. The maximum absolute atomic E-state index is 13.9. The van der Waals surface area contributed by atoms with Gasteiger partial charge in [-0.25, -0.2) is 9.74 Å². The van der Waals surface area contributed by atoms with Crippen molar-refractivity contribution in [3.63, 3.8) is 0 Å². The standard InChI is InChI=1S/C34H21N3O2/c1-21-20-22(35-2)18-19-24(21)25-13-8-16-29-31(25)26-12-6-7-15-28(26)37(29)30-17-9-14-27-32(30)34(39)36(33(27)38)23-10-4-3-5-11-23/h3-20H,1H3. The molecular formula is C34H21N3O2. The summed E-state index contributed by atoms with van der Waals surface area (Å²) in [6.45, 7) is 9.40. The van der Waals surface area contributed by atoms with E-state index in [1.807, 2.05) is 79.7 Å². The second-order valence-corrected chi connectivity index (χ2v) is 9.64. The Morgan fingerprint density at radius 2 is 1.38 bits per heavy atom. The SMILES string of the molecule is [C-]#[N+]c1ccc(-c2cccc3c2c2ccccc2n3-c2cccc3c2C(=O)N(c2ccccc2)C3=O)c(C)c1. The van der Waals surface area contributed by atoms with Crippen LogP contribution >= 0.6 is 0 Å². The molecule has 2 heterocycles. The van der Waals surface area contributed by atoms with Gasteiger partial charge in [0.05, 0.1) is 40.1 Å². The van der Waals surface area contributed by atoms with Gasteiger partial charge in [0.15, 0.2) is 5.69 Å². The van der Waals surface area contributed by atoms with Gasteiger partial charge in [-0.1, -0.05) is 78.4 Å². The number of para-hydroxylation sites is 2. The molecule has 39 heavy (non-hydrogen) atoms. The van der Waals surface area contributed by atoms with Crippen molar-refractivity contribution < 1.29 is 9.59 Å². The third kappa shape index (κ3) is 3.25. The Labute approximate surface area is 225 Å². The van der Waals surface area contributed by atoms with Gasteiger partial charge in [0.2, 0.25) is 0 Å². The summed E-state index contributed by atoms with van der Waals surface area (Å²) in [7, 11) is 0. The fourth-order valence-electron chi connectivity index (χ4n) is 5.79. The zero-order valence-corrected chi connectivity index (χ0v) is 21.1. The summed E-state index contributed by atoms with van der Waals surface area (Å²) < 4.78 is 2.09. The van der Waals surface area contributed by atoms with Gasteiger partial charge < -0.3 is 4.57 Å².